The van der Waals surface area contributed by atoms with Gasteiger partial charge in [0.05, 0.1) is 107 Å². The van der Waals surface area contributed by atoms with Crippen LogP contribution in [0.1, 0.15) is 66.1 Å². The summed E-state index contributed by atoms with van der Waals surface area (Å²) in [4.78, 5) is 43.1. The summed E-state index contributed by atoms with van der Waals surface area (Å²) in [5.74, 6) is 3.32. The molecule has 5 heterocycles. The van der Waals surface area contributed by atoms with Crippen molar-refractivity contribution in [1.29, 1.82) is 0 Å². The summed E-state index contributed by atoms with van der Waals surface area (Å²) >= 11 is 12.6. The molecule has 1 amide bonds. The number of aryl methyl sites for hydroxylation is 2. The van der Waals surface area contributed by atoms with Crippen molar-refractivity contribution in [2.45, 2.75) is 64.3 Å². The monoisotopic (exact) mass is 1260 g/mol. The molecule has 7 aromatic rings. The van der Waals surface area contributed by atoms with E-state index in [-0.39, 0.29) is 30.6 Å². The number of anilines is 1. The van der Waals surface area contributed by atoms with Crippen molar-refractivity contribution in [1.82, 2.24) is 44.4 Å². The van der Waals surface area contributed by atoms with E-state index in [4.69, 9.17) is 71.4 Å². The number of fused-ring (bicyclic) bond motifs is 2. The minimum atomic E-state index is -0.208. The van der Waals surface area contributed by atoms with Crippen LogP contribution >= 0.6 is 23.2 Å². The topological polar surface area (TPSA) is 175 Å². The summed E-state index contributed by atoms with van der Waals surface area (Å²) in [6.45, 7) is 20.3. The smallest absolute Gasteiger partial charge is 0.258 e. The molecule has 89 heavy (non-hydrogen) atoms. The lowest BCUT2D eigenvalue weighted by atomic mass is 9.91. The minimum absolute atomic E-state index is 0.00355. The van der Waals surface area contributed by atoms with Crippen molar-refractivity contribution < 1.29 is 38.1 Å². The van der Waals surface area contributed by atoms with Gasteiger partial charge >= 0.3 is 0 Å². The summed E-state index contributed by atoms with van der Waals surface area (Å²) in [5.41, 5.74) is 8.85. The largest absolute Gasteiger partial charge is 0.484 e. The average molecular weight is 1260 g/mol. The Morgan fingerprint density at radius 2 is 1.37 bits per heavy atom. The van der Waals surface area contributed by atoms with Gasteiger partial charge in [-0.15, -0.1) is 0 Å². The average Bonchev–Trinajstić information content (AvgIpc) is 1.79. The summed E-state index contributed by atoms with van der Waals surface area (Å²) in [7, 11) is 2.12. The molecule has 2 unspecified atom stereocenters. The lowest BCUT2D eigenvalue weighted by Gasteiger charge is -2.39. The van der Waals surface area contributed by atoms with Crippen LogP contribution in [0.4, 0.5) is 5.82 Å². The van der Waals surface area contributed by atoms with Crippen LogP contribution in [-0.2, 0) is 59.2 Å². The van der Waals surface area contributed by atoms with E-state index in [2.05, 4.69) is 121 Å². The number of carbonyl (C=O) groups is 1. The quantitative estimate of drug-likeness (QED) is 0.0360. The predicted octanol–water partition coefficient (Wildman–Crippen LogP) is 9.18. The van der Waals surface area contributed by atoms with E-state index in [1.54, 1.807) is 0 Å². The molecule has 0 bridgehead atoms. The SMILES string of the molecule is CC1=NOC(C)C1c1ccc2c(c1)nc(CCc1ccc(OCC(=O)NCCOCCOCCOCCOCCN(C)CCCNc3nc(CN4CCN(C(c5ccc(Cl)cc5)c5ccc(Cl)cc5)CC4)nc4ccccc34)cc1)n2CCN1CCOCC1. The summed E-state index contributed by atoms with van der Waals surface area (Å²) in [5, 5.41) is 13.2. The number of aromatic nitrogens is 4. The first-order valence-corrected chi connectivity index (χ1v) is 32.3. The number of amides is 1. The molecule has 19 nitrogen and oxygen atoms in total. The number of oxime groups is 1. The van der Waals surface area contributed by atoms with Crippen molar-refractivity contribution in [3.63, 3.8) is 0 Å². The number of imidazole rings is 1. The number of hydrogen-bond acceptors (Lipinski definition) is 17. The van der Waals surface area contributed by atoms with Crippen LogP contribution in [0.3, 0.4) is 0 Å². The zero-order chi connectivity index (χ0) is 61.6. The lowest BCUT2D eigenvalue weighted by molar-refractivity contribution is -0.123. The van der Waals surface area contributed by atoms with Gasteiger partial charge in [0.25, 0.3) is 5.91 Å². The van der Waals surface area contributed by atoms with Gasteiger partial charge in [-0.2, -0.15) is 0 Å². The number of likely N-dealkylation sites (N-methyl/N-ethyl adjacent to an activating group) is 1. The Kier molecular flexibility index (Phi) is 25.2. The number of rotatable bonds is 35. The van der Waals surface area contributed by atoms with Gasteiger partial charge in [-0.25, -0.2) is 15.0 Å². The first-order valence-electron chi connectivity index (χ1n) is 31.5. The summed E-state index contributed by atoms with van der Waals surface area (Å²) in [6, 6.07) is 39.3. The molecule has 0 spiro atoms. The molecule has 2 N–H and O–H groups in total. The highest BCUT2D eigenvalue weighted by molar-refractivity contribution is 6.30. The maximum absolute atomic E-state index is 12.5. The third-order valence-electron chi connectivity index (χ3n) is 16.6. The molecule has 2 saturated heterocycles. The van der Waals surface area contributed by atoms with E-state index in [0.717, 1.165) is 160 Å². The van der Waals surface area contributed by atoms with Gasteiger partial charge in [0.1, 0.15) is 29.3 Å². The number of benzene rings is 5. The molecule has 3 aliphatic rings. The second-order valence-electron chi connectivity index (χ2n) is 23.0. The Morgan fingerprint density at radius 1 is 0.697 bits per heavy atom. The first-order chi connectivity index (χ1) is 43.6. The number of nitrogens with one attached hydrogen (secondary N) is 2. The van der Waals surface area contributed by atoms with Crippen LogP contribution in [0.25, 0.3) is 21.9 Å². The number of carbonyl (C=O) groups excluding carboxylic acids is 1. The van der Waals surface area contributed by atoms with E-state index < -0.39 is 0 Å². The number of piperazine rings is 1. The zero-order valence-electron chi connectivity index (χ0n) is 51.8. The van der Waals surface area contributed by atoms with E-state index in [0.29, 0.717) is 71.7 Å². The highest BCUT2D eigenvalue weighted by Gasteiger charge is 2.31. The Balaban J connectivity index is 0.532. The van der Waals surface area contributed by atoms with Crippen LogP contribution in [0.15, 0.2) is 120 Å². The van der Waals surface area contributed by atoms with Crippen LogP contribution < -0.4 is 15.4 Å². The van der Waals surface area contributed by atoms with E-state index in [1.807, 2.05) is 55.5 Å². The molecule has 0 radical (unpaired) electrons. The van der Waals surface area contributed by atoms with Gasteiger partial charge in [-0.05, 0) is 123 Å². The summed E-state index contributed by atoms with van der Waals surface area (Å²) in [6.07, 6.45) is 2.56. The molecule has 0 aliphatic carbocycles. The maximum Gasteiger partial charge on any atom is 0.258 e. The van der Waals surface area contributed by atoms with Crippen molar-refractivity contribution in [2.75, 3.05) is 157 Å². The second kappa shape index (κ2) is 34.2. The Bertz CT molecular complexity index is 3280. The van der Waals surface area contributed by atoms with E-state index in [9.17, 15) is 4.79 Å². The first kappa shape index (κ1) is 65.6. The second-order valence-corrected chi connectivity index (χ2v) is 23.9. The molecule has 3 aliphatic heterocycles. The van der Waals surface area contributed by atoms with Crippen molar-refractivity contribution in [3.05, 3.63) is 159 Å². The van der Waals surface area contributed by atoms with E-state index in [1.165, 1.54) is 22.3 Å². The normalized spacial score (nSPS) is 16.8. The van der Waals surface area contributed by atoms with Gasteiger partial charge in [0.2, 0.25) is 0 Å². The molecule has 2 fully saturated rings. The van der Waals surface area contributed by atoms with Gasteiger partial charge in [0.15, 0.2) is 6.61 Å². The molecular weight excluding hydrogens is 1170 g/mol. The lowest BCUT2D eigenvalue weighted by Crippen LogP contribution is -2.47. The van der Waals surface area contributed by atoms with Crippen molar-refractivity contribution in [2.24, 2.45) is 5.16 Å². The number of halogens is 2. The van der Waals surface area contributed by atoms with E-state index >= 15 is 0 Å². The van der Waals surface area contributed by atoms with Gasteiger partial charge in [-0.3, -0.25) is 19.5 Å². The Labute approximate surface area is 533 Å². The maximum atomic E-state index is 12.5. The molecule has 10 rings (SSSR count). The van der Waals surface area contributed by atoms with Crippen molar-refractivity contribution >= 4 is 62.6 Å². The fourth-order valence-corrected chi connectivity index (χ4v) is 12.0. The number of morpholine rings is 1. The number of para-hydroxylation sites is 1. The molecule has 2 aromatic heterocycles. The molecule has 0 saturated carbocycles. The van der Waals surface area contributed by atoms with Crippen LogP contribution in [0.5, 0.6) is 5.75 Å². The van der Waals surface area contributed by atoms with Crippen LogP contribution in [0.2, 0.25) is 10.0 Å². The molecule has 5 aromatic carbocycles. The van der Waals surface area contributed by atoms with Crippen LogP contribution in [0, 0.1) is 0 Å². The standard InChI is InChI=1S/C68H87Cl2N11O8/c1-50-66(51(2)89-76-50)55-16-23-62-61(47-55)74-64(81(62)33-30-78-35-39-84-40-36-78)24-11-52-9-21-58(22-10-52)88-49-65(82)71-26-37-83-41-43-86-45-46-87-44-42-85-38-34-77(3)27-6-25-72-68-59-7-4-5-8-60(59)73-63(75-68)48-79-28-31-80(32-29-79)67(53-12-17-56(69)18-13-53)54-14-19-57(70)20-15-54/h4-5,7-10,12-23,47,51,66-67H,6,11,24-46,48-49H2,1-3H3,(H,71,82)(H,72,73,75). The molecule has 476 valence electrons. The zero-order valence-corrected chi connectivity index (χ0v) is 53.4. The van der Waals surface area contributed by atoms with Gasteiger partial charge < -0.3 is 53.4 Å². The summed E-state index contributed by atoms with van der Waals surface area (Å²) < 4.78 is 36.6. The van der Waals surface area contributed by atoms with Crippen LogP contribution in [-0.4, -0.2) is 209 Å². The fourth-order valence-electron chi connectivity index (χ4n) is 11.8. The molecule has 2 atom stereocenters. The van der Waals surface area contributed by atoms with Gasteiger partial charge in [-0.1, -0.05) is 83.0 Å². The minimum Gasteiger partial charge on any atom is -0.484 e. The Hall–Kier alpha value is -6.33. The predicted molar refractivity (Wildman–Crippen MR) is 351 cm³/mol. The molecular formula is C68H87Cl2N11O8. The number of ether oxygens (including phenoxy) is 6. The third kappa shape index (κ3) is 19.6. The third-order valence-corrected chi connectivity index (χ3v) is 17.1. The fraction of sp³-hybridized carbons (Fsp3) is 0.485. The van der Waals surface area contributed by atoms with Gasteiger partial charge in [0, 0.05) is 93.8 Å². The molecule has 21 heteroatoms. The number of hydrogen-bond donors (Lipinski definition) is 2. The highest BCUT2D eigenvalue weighted by atomic mass is 35.5. The van der Waals surface area contributed by atoms with Crippen molar-refractivity contribution in [3.8, 4) is 5.75 Å². The number of nitrogens with zero attached hydrogens (tertiary/aromatic N) is 9. The highest BCUT2D eigenvalue weighted by Crippen LogP contribution is 2.34. The Morgan fingerprint density at radius 3 is 2.06 bits per heavy atom.